The van der Waals surface area contributed by atoms with Gasteiger partial charge in [0, 0.05) is 22.7 Å². The Bertz CT molecular complexity index is 1300. The molecule has 1 aromatic carbocycles. The third-order valence-corrected chi connectivity index (χ3v) is 5.36. The lowest BCUT2D eigenvalue weighted by Gasteiger charge is -2.12. The molecule has 10 nitrogen and oxygen atoms in total. The molecule has 33 heavy (non-hydrogen) atoms. The number of amides is 3. The molecule has 10 heteroatoms. The number of nitrogens with one attached hydrogen (secondary N) is 1. The minimum Gasteiger partial charge on any atom is -0.467 e. The lowest BCUT2D eigenvalue weighted by molar-refractivity contribution is -0.143. The summed E-state index contributed by atoms with van der Waals surface area (Å²) in [5.41, 5.74) is 1.51. The summed E-state index contributed by atoms with van der Waals surface area (Å²) < 4.78 is 16.5. The number of fused-ring (bicyclic) bond motifs is 1. The molecule has 0 spiro atoms. The number of ether oxygens (including phenoxy) is 2. The average molecular weight is 451 g/mol. The van der Waals surface area contributed by atoms with Crippen molar-refractivity contribution >= 4 is 40.9 Å². The second-order valence-electron chi connectivity index (χ2n) is 7.34. The average Bonchev–Trinajstić information content (AvgIpc) is 3.51. The first-order chi connectivity index (χ1) is 15.8. The molecule has 0 bridgehead atoms. The van der Waals surface area contributed by atoms with Crippen molar-refractivity contribution in [2.24, 2.45) is 0 Å². The Labute approximate surface area is 188 Å². The predicted molar refractivity (Wildman–Crippen MR) is 116 cm³/mol. The first kappa shape index (κ1) is 21.9. The number of methoxy groups -OCH3 is 2. The fraction of sp³-hybridized carbons (Fsp3) is 0.217. The topological polar surface area (TPSA) is 120 Å². The molecule has 1 aliphatic rings. The predicted octanol–water partition coefficient (Wildman–Crippen LogP) is 2.85. The van der Waals surface area contributed by atoms with E-state index in [4.69, 9.17) is 9.15 Å². The van der Waals surface area contributed by atoms with Gasteiger partial charge in [-0.1, -0.05) is 18.2 Å². The number of esters is 2. The Morgan fingerprint density at radius 3 is 2.61 bits per heavy atom. The number of aromatic nitrogens is 1. The van der Waals surface area contributed by atoms with Crippen LogP contribution in [0.4, 0.5) is 4.79 Å². The van der Waals surface area contributed by atoms with Gasteiger partial charge in [0.2, 0.25) is 5.76 Å². The number of carbonyl (C=O) groups excluding carboxylic acids is 4. The first-order valence-corrected chi connectivity index (χ1v) is 10.0. The van der Waals surface area contributed by atoms with Crippen LogP contribution in [0.5, 0.6) is 0 Å². The summed E-state index contributed by atoms with van der Waals surface area (Å²) in [5, 5.41) is 3.37. The van der Waals surface area contributed by atoms with Crippen molar-refractivity contribution in [1.82, 2.24) is 14.8 Å². The zero-order chi connectivity index (χ0) is 23.7. The fourth-order valence-corrected chi connectivity index (χ4v) is 3.65. The van der Waals surface area contributed by atoms with E-state index in [9.17, 15) is 19.2 Å². The van der Waals surface area contributed by atoms with Gasteiger partial charge in [-0.15, -0.1) is 0 Å². The van der Waals surface area contributed by atoms with Gasteiger partial charge in [0.05, 0.1) is 20.8 Å². The van der Waals surface area contributed by atoms with Gasteiger partial charge in [0.1, 0.15) is 17.5 Å². The van der Waals surface area contributed by atoms with E-state index in [1.165, 1.54) is 26.4 Å². The number of carbonyl (C=O) groups is 4. The smallest absolute Gasteiger partial charge is 0.373 e. The molecular formula is C23H21N3O7. The fourth-order valence-electron chi connectivity index (χ4n) is 3.65. The third-order valence-electron chi connectivity index (χ3n) is 5.36. The van der Waals surface area contributed by atoms with E-state index in [0.717, 1.165) is 15.8 Å². The lowest BCUT2D eigenvalue weighted by atomic mass is 10.1. The van der Waals surface area contributed by atoms with Crippen LogP contribution in [0.1, 0.15) is 34.8 Å². The van der Waals surface area contributed by atoms with Crippen molar-refractivity contribution in [3.63, 3.8) is 0 Å². The van der Waals surface area contributed by atoms with Crippen molar-refractivity contribution < 1.29 is 33.1 Å². The minimum atomic E-state index is -0.656. The minimum absolute atomic E-state index is 0.0251. The van der Waals surface area contributed by atoms with Crippen molar-refractivity contribution in [1.29, 1.82) is 0 Å². The number of para-hydroxylation sites is 1. The largest absolute Gasteiger partial charge is 0.467 e. The highest BCUT2D eigenvalue weighted by atomic mass is 16.5. The van der Waals surface area contributed by atoms with Gasteiger partial charge in [0.15, 0.2) is 0 Å². The lowest BCUT2D eigenvalue weighted by Crippen LogP contribution is -2.30. The molecule has 1 atom stereocenters. The number of benzene rings is 1. The number of imide groups is 1. The first-order valence-electron chi connectivity index (χ1n) is 10.0. The van der Waals surface area contributed by atoms with Crippen molar-refractivity contribution in [2.75, 3.05) is 14.2 Å². The maximum atomic E-state index is 12.9. The molecule has 1 N–H and O–H groups in total. The van der Waals surface area contributed by atoms with Crippen LogP contribution in [0.3, 0.4) is 0 Å². The summed E-state index contributed by atoms with van der Waals surface area (Å²) >= 11 is 0. The van der Waals surface area contributed by atoms with E-state index in [-0.39, 0.29) is 23.8 Å². The molecule has 3 heterocycles. The van der Waals surface area contributed by atoms with E-state index in [0.29, 0.717) is 5.56 Å². The molecule has 3 aromatic rings. The van der Waals surface area contributed by atoms with E-state index in [1.54, 1.807) is 23.8 Å². The Hall–Kier alpha value is -4.34. The highest BCUT2D eigenvalue weighted by Crippen LogP contribution is 2.28. The molecule has 170 valence electrons. The van der Waals surface area contributed by atoms with Crippen LogP contribution in [0.2, 0.25) is 0 Å². The summed E-state index contributed by atoms with van der Waals surface area (Å²) in [6.45, 7) is 1.56. The van der Waals surface area contributed by atoms with Gasteiger partial charge in [0.25, 0.3) is 5.91 Å². The van der Waals surface area contributed by atoms with Crippen LogP contribution in [-0.2, 0) is 25.6 Å². The number of hydrogen-bond donors (Lipinski definition) is 1. The van der Waals surface area contributed by atoms with Crippen molar-refractivity contribution in [3.8, 4) is 0 Å². The second-order valence-corrected chi connectivity index (χ2v) is 7.34. The summed E-state index contributed by atoms with van der Waals surface area (Å²) in [7, 11) is 2.55. The van der Waals surface area contributed by atoms with Crippen molar-refractivity contribution in [2.45, 2.75) is 19.5 Å². The quantitative estimate of drug-likeness (QED) is 0.348. The third kappa shape index (κ3) is 3.98. The normalized spacial score (nSPS) is 15.7. The van der Waals surface area contributed by atoms with E-state index in [1.807, 2.05) is 24.3 Å². The van der Waals surface area contributed by atoms with Crippen LogP contribution < -0.4 is 5.32 Å². The standard InChI is InChI=1S/C23H21N3O7/c1-13(21(28)31-2)25-11-14(16-6-4-5-7-18(16)25)10-17-20(27)26(23(30)24-17)12-15-8-9-19(33-15)22(29)32-3/h4-11,13H,12H2,1-3H3,(H,24,30). The maximum absolute atomic E-state index is 12.9. The van der Waals surface area contributed by atoms with Crippen LogP contribution in [0.15, 0.2) is 52.7 Å². The van der Waals surface area contributed by atoms with Gasteiger partial charge >= 0.3 is 18.0 Å². The number of hydrogen-bond acceptors (Lipinski definition) is 7. The highest BCUT2D eigenvalue weighted by Gasteiger charge is 2.34. The molecule has 1 fully saturated rings. The summed E-state index contributed by atoms with van der Waals surface area (Å²) in [6, 6.07) is 9.11. The number of nitrogens with zero attached hydrogens (tertiary/aromatic N) is 2. The number of urea groups is 1. The van der Waals surface area contributed by atoms with Crippen molar-refractivity contribution in [3.05, 3.63) is 65.4 Å². The highest BCUT2D eigenvalue weighted by molar-refractivity contribution is 6.14. The Balaban J connectivity index is 1.63. The van der Waals surface area contributed by atoms with Gasteiger partial charge in [-0.05, 0) is 31.2 Å². The van der Waals surface area contributed by atoms with Crippen LogP contribution in [-0.4, -0.2) is 47.6 Å². The summed E-state index contributed by atoms with van der Waals surface area (Å²) in [5.74, 6) is -1.38. The molecule has 3 amide bonds. The number of rotatable bonds is 6. The van der Waals surface area contributed by atoms with Gasteiger partial charge in [-0.3, -0.25) is 9.69 Å². The zero-order valence-corrected chi connectivity index (χ0v) is 18.2. The van der Waals surface area contributed by atoms with Crippen LogP contribution >= 0.6 is 0 Å². The molecule has 0 saturated carbocycles. The molecule has 1 aliphatic heterocycles. The Morgan fingerprint density at radius 2 is 1.88 bits per heavy atom. The van der Waals surface area contributed by atoms with Crippen LogP contribution in [0.25, 0.3) is 17.0 Å². The molecule has 0 radical (unpaired) electrons. The molecule has 1 saturated heterocycles. The molecule has 1 unspecified atom stereocenters. The number of furan rings is 1. The van der Waals surface area contributed by atoms with Gasteiger partial charge < -0.3 is 23.8 Å². The van der Waals surface area contributed by atoms with E-state index >= 15 is 0 Å². The molecule has 0 aliphatic carbocycles. The molecule has 4 rings (SSSR count). The maximum Gasteiger partial charge on any atom is 0.373 e. The van der Waals surface area contributed by atoms with E-state index < -0.39 is 29.9 Å². The summed E-state index contributed by atoms with van der Waals surface area (Å²) in [6.07, 6.45) is 3.29. The second kappa shape index (κ2) is 8.65. The molecular weight excluding hydrogens is 430 g/mol. The SMILES string of the molecule is COC(=O)c1ccc(CN2C(=O)NC(=Cc3cn(C(C)C(=O)OC)c4ccccc34)C2=O)o1. The van der Waals surface area contributed by atoms with Crippen LogP contribution in [0, 0.1) is 0 Å². The monoisotopic (exact) mass is 451 g/mol. The van der Waals surface area contributed by atoms with Gasteiger partial charge in [-0.25, -0.2) is 14.4 Å². The molecule has 2 aromatic heterocycles. The van der Waals surface area contributed by atoms with Gasteiger partial charge in [-0.2, -0.15) is 0 Å². The Morgan fingerprint density at radius 1 is 1.12 bits per heavy atom. The zero-order valence-electron chi connectivity index (χ0n) is 18.2. The summed E-state index contributed by atoms with van der Waals surface area (Å²) in [4.78, 5) is 50.0. The Kier molecular flexibility index (Phi) is 5.74. The van der Waals surface area contributed by atoms with E-state index in [2.05, 4.69) is 10.1 Å².